The van der Waals surface area contributed by atoms with Crippen molar-refractivity contribution in [3.05, 3.63) is 95.1 Å². The molecule has 1 aliphatic heterocycles. The molecule has 35 heavy (non-hydrogen) atoms. The molecule has 1 aliphatic rings. The van der Waals surface area contributed by atoms with Crippen LogP contribution in [0.5, 0.6) is 5.75 Å². The number of para-hydroxylation sites is 1. The number of hydrogen-bond donors (Lipinski definition) is 1. The monoisotopic (exact) mass is 473 g/mol. The summed E-state index contributed by atoms with van der Waals surface area (Å²) in [4.78, 5) is 28.0. The minimum absolute atomic E-state index is 0.0350. The highest BCUT2D eigenvalue weighted by molar-refractivity contribution is 6.05. The Morgan fingerprint density at radius 3 is 2.40 bits per heavy atom. The van der Waals surface area contributed by atoms with Crippen molar-refractivity contribution in [1.29, 1.82) is 0 Å². The molecule has 1 atom stereocenters. The van der Waals surface area contributed by atoms with Crippen molar-refractivity contribution in [2.75, 3.05) is 31.7 Å². The first-order chi connectivity index (χ1) is 17.1. The summed E-state index contributed by atoms with van der Waals surface area (Å²) in [5.74, 6) is -1.26. The number of ether oxygens (including phenoxy) is 2. The number of ketones is 1. The number of nitrogens with zero attached hydrogens (tertiary/aromatic N) is 1. The van der Waals surface area contributed by atoms with Gasteiger partial charge in [-0.05, 0) is 55.0 Å². The molecular formula is C29H31NO5. The van der Waals surface area contributed by atoms with Crippen LogP contribution in [0.2, 0.25) is 0 Å². The Kier molecular flexibility index (Phi) is 8.16. The van der Waals surface area contributed by atoms with Gasteiger partial charge in [0.15, 0.2) is 5.78 Å². The Bertz CT molecular complexity index is 1140. The first-order valence-corrected chi connectivity index (χ1v) is 12.0. The Morgan fingerprint density at radius 2 is 1.74 bits per heavy atom. The van der Waals surface area contributed by atoms with Gasteiger partial charge in [0.2, 0.25) is 0 Å². The third-order valence-corrected chi connectivity index (χ3v) is 6.39. The second-order valence-corrected chi connectivity index (χ2v) is 8.75. The van der Waals surface area contributed by atoms with Crippen LogP contribution in [0.1, 0.15) is 51.1 Å². The van der Waals surface area contributed by atoms with E-state index in [0.29, 0.717) is 18.5 Å². The lowest BCUT2D eigenvalue weighted by atomic mass is 9.95. The maximum atomic E-state index is 13.4. The lowest BCUT2D eigenvalue weighted by Crippen LogP contribution is -2.32. The third kappa shape index (κ3) is 6.08. The highest BCUT2D eigenvalue weighted by Crippen LogP contribution is 2.30. The first-order valence-electron chi connectivity index (χ1n) is 12.0. The molecule has 0 amide bonds. The van der Waals surface area contributed by atoms with Crippen molar-refractivity contribution in [1.82, 2.24) is 0 Å². The quantitative estimate of drug-likeness (QED) is 0.329. The van der Waals surface area contributed by atoms with Crippen molar-refractivity contribution < 1.29 is 24.2 Å². The lowest BCUT2D eigenvalue weighted by Gasteiger charge is -2.26. The van der Waals surface area contributed by atoms with Crippen LogP contribution in [0.3, 0.4) is 0 Å². The summed E-state index contributed by atoms with van der Waals surface area (Å²) in [5.41, 5.74) is 2.66. The van der Waals surface area contributed by atoms with Gasteiger partial charge in [-0.25, -0.2) is 4.79 Å². The number of aromatic hydroxyl groups is 1. The van der Waals surface area contributed by atoms with Crippen LogP contribution >= 0.6 is 0 Å². The Labute approximate surface area is 206 Å². The number of carbonyl (C=O) groups excluding carboxylic acids is 2. The Hall–Kier alpha value is -3.64. The number of anilines is 1. The molecule has 1 heterocycles. The Morgan fingerprint density at radius 1 is 1.03 bits per heavy atom. The van der Waals surface area contributed by atoms with Gasteiger partial charge in [0, 0.05) is 18.8 Å². The molecule has 1 N–H and O–H groups in total. The molecule has 0 bridgehead atoms. The van der Waals surface area contributed by atoms with Crippen molar-refractivity contribution in [2.45, 2.75) is 31.8 Å². The molecule has 3 aromatic carbocycles. The molecule has 0 saturated carbocycles. The topological polar surface area (TPSA) is 76.1 Å². The van der Waals surface area contributed by atoms with Crippen LogP contribution in [-0.2, 0) is 15.9 Å². The van der Waals surface area contributed by atoms with Crippen molar-refractivity contribution in [2.24, 2.45) is 0 Å². The fourth-order valence-electron chi connectivity index (χ4n) is 4.52. The van der Waals surface area contributed by atoms with E-state index < -0.39 is 5.97 Å². The fourth-order valence-corrected chi connectivity index (χ4v) is 4.52. The van der Waals surface area contributed by atoms with E-state index in [2.05, 4.69) is 0 Å². The molecule has 1 saturated heterocycles. The summed E-state index contributed by atoms with van der Waals surface area (Å²) in [6, 6.07) is 22.7. The SMILES string of the molecule is COC(=O)c1c(Cc2ccccc2)ccc(C(=O)CN(CCC2CCCO2)c2ccccc2)c1O. The van der Waals surface area contributed by atoms with E-state index >= 15 is 0 Å². The predicted molar refractivity (Wildman–Crippen MR) is 135 cm³/mol. The van der Waals surface area contributed by atoms with Gasteiger partial charge in [-0.3, -0.25) is 4.79 Å². The van der Waals surface area contributed by atoms with E-state index in [4.69, 9.17) is 9.47 Å². The van der Waals surface area contributed by atoms with Gasteiger partial charge in [0.05, 0.1) is 25.3 Å². The molecule has 0 aliphatic carbocycles. The predicted octanol–water partition coefficient (Wildman–Crippen LogP) is 5.03. The van der Waals surface area contributed by atoms with Crippen LogP contribution in [0.15, 0.2) is 72.8 Å². The maximum absolute atomic E-state index is 13.4. The summed E-state index contributed by atoms with van der Waals surface area (Å²) < 4.78 is 10.7. The molecule has 3 aromatic rings. The average Bonchev–Trinajstić information content (AvgIpc) is 3.41. The second-order valence-electron chi connectivity index (χ2n) is 8.75. The van der Waals surface area contributed by atoms with Gasteiger partial charge >= 0.3 is 5.97 Å². The van der Waals surface area contributed by atoms with Gasteiger partial charge in [-0.1, -0.05) is 54.6 Å². The van der Waals surface area contributed by atoms with Crippen molar-refractivity contribution in [3.8, 4) is 5.75 Å². The van der Waals surface area contributed by atoms with Crippen molar-refractivity contribution in [3.63, 3.8) is 0 Å². The highest BCUT2D eigenvalue weighted by atomic mass is 16.5. The van der Waals surface area contributed by atoms with E-state index in [0.717, 1.165) is 37.1 Å². The van der Waals surface area contributed by atoms with Gasteiger partial charge < -0.3 is 19.5 Å². The lowest BCUT2D eigenvalue weighted by molar-refractivity contribution is 0.0596. The van der Waals surface area contributed by atoms with Crippen LogP contribution < -0.4 is 4.90 Å². The van der Waals surface area contributed by atoms with Gasteiger partial charge in [0.25, 0.3) is 0 Å². The second kappa shape index (κ2) is 11.7. The average molecular weight is 474 g/mol. The summed E-state index contributed by atoms with van der Waals surface area (Å²) >= 11 is 0. The van der Waals surface area contributed by atoms with Crippen LogP contribution in [0.4, 0.5) is 5.69 Å². The number of benzene rings is 3. The summed E-state index contributed by atoms with van der Waals surface area (Å²) in [6.07, 6.45) is 3.55. The van der Waals surface area contributed by atoms with E-state index in [-0.39, 0.29) is 35.3 Å². The highest BCUT2D eigenvalue weighted by Gasteiger charge is 2.25. The number of esters is 1. The number of hydrogen-bond acceptors (Lipinski definition) is 6. The number of rotatable bonds is 10. The van der Waals surface area contributed by atoms with Crippen molar-refractivity contribution >= 4 is 17.4 Å². The zero-order chi connectivity index (χ0) is 24.6. The minimum Gasteiger partial charge on any atom is -0.506 e. The van der Waals surface area contributed by atoms with Crippen LogP contribution in [0, 0.1) is 0 Å². The number of carbonyl (C=O) groups is 2. The molecule has 0 radical (unpaired) electrons. The summed E-state index contributed by atoms with van der Waals surface area (Å²) in [7, 11) is 1.27. The number of methoxy groups -OCH3 is 1. The van der Waals surface area contributed by atoms with Crippen LogP contribution in [0.25, 0.3) is 0 Å². The standard InChI is InChI=1S/C29H31NO5/c1-34-29(33)27-22(19-21-9-4-2-5-10-21)14-15-25(28(27)32)26(31)20-30(23-11-6-3-7-12-23)17-16-24-13-8-18-35-24/h2-7,9-12,14-15,24,32H,8,13,16-20H2,1H3. The maximum Gasteiger partial charge on any atom is 0.341 e. The minimum atomic E-state index is -0.665. The van der Waals surface area contributed by atoms with Crippen LogP contribution in [-0.4, -0.2) is 49.8 Å². The van der Waals surface area contributed by atoms with Gasteiger partial charge in [0.1, 0.15) is 11.3 Å². The molecule has 6 nitrogen and oxygen atoms in total. The smallest absolute Gasteiger partial charge is 0.341 e. The normalized spacial score (nSPS) is 15.1. The molecule has 4 rings (SSSR count). The van der Waals surface area contributed by atoms with E-state index in [1.165, 1.54) is 7.11 Å². The largest absolute Gasteiger partial charge is 0.506 e. The Balaban J connectivity index is 1.59. The molecule has 1 fully saturated rings. The fraction of sp³-hybridized carbons (Fsp3) is 0.310. The zero-order valence-corrected chi connectivity index (χ0v) is 20.0. The van der Waals surface area contributed by atoms with Gasteiger partial charge in [-0.15, -0.1) is 0 Å². The summed E-state index contributed by atoms with van der Waals surface area (Å²) in [6.45, 7) is 1.51. The molecular weight excluding hydrogens is 442 g/mol. The molecule has 0 aromatic heterocycles. The molecule has 1 unspecified atom stereocenters. The summed E-state index contributed by atoms with van der Waals surface area (Å²) in [5, 5.41) is 11.0. The molecule has 6 heteroatoms. The van der Waals surface area contributed by atoms with Gasteiger partial charge in [-0.2, -0.15) is 0 Å². The van der Waals surface area contributed by atoms with E-state index in [1.54, 1.807) is 12.1 Å². The number of phenols is 1. The number of Topliss-reactive ketones (excluding diaryl/α,β-unsaturated/α-hetero) is 1. The van der Waals surface area contributed by atoms with E-state index in [9.17, 15) is 14.7 Å². The zero-order valence-electron chi connectivity index (χ0n) is 20.0. The third-order valence-electron chi connectivity index (χ3n) is 6.39. The molecule has 0 spiro atoms. The van der Waals surface area contributed by atoms with E-state index in [1.807, 2.05) is 65.6 Å². The molecule has 182 valence electrons. The first kappa shape index (κ1) is 24.5. The number of phenolic OH excluding ortho intramolecular Hbond substituents is 1.